The number of nitrogens with two attached hydrogens (primary N) is 1. The van der Waals surface area contributed by atoms with Crippen LogP contribution in [0.15, 0.2) is 12.4 Å². The molecule has 1 aromatic heterocycles. The van der Waals surface area contributed by atoms with Crippen LogP contribution in [0.1, 0.15) is 31.4 Å². The summed E-state index contributed by atoms with van der Waals surface area (Å²) in [5.74, 6) is 0. The summed E-state index contributed by atoms with van der Waals surface area (Å²) in [5.41, 5.74) is 7.57. The highest BCUT2D eigenvalue weighted by Crippen LogP contribution is 2.28. The van der Waals surface area contributed by atoms with Crippen molar-refractivity contribution in [1.82, 2.24) is 15.1 Å². The van der Waals surface area contributed by atoms with Gasteiger partial charge in [-0.2, -0.15) is 5.10 Å². The minimum atomic E-state index is 0.0159. The quantitative estimate of drug-likeness (QED) is 0.814. The largest absolute Gasteiger partial charge is 0.381 e. The molecule has 0 amide bonds. The molecule has 1 atom stereocenters. The summed E-state index contributed by atoms with van der Waals surface area (Å²) in [4.78, 5) is 0. The molecule has 0 bridgehead atoms. The molecule has 1 fully saturated rings. The average Bonchev–Trinajstić information content (AvgIpc) is 2.76. The number of aromatic nitrogens is 2. The predicted octanol–water partition coefficient (Wildman–Crippen LogP) is 0.826. The molecule has 0 aliphatic carbocycles. The lowest BCUT2D eigenvalue weighted by Crippen LogP contribution is -2.39. The lowest BCUT2D eigenvalue weighted by atomic mass is 9.82. The maximum absolute atomic E-state index is 6.13. The molecule has 1 unspecified atom stereocenters. The number of ether oxygens (including phenoxy) is 1. The van der Waals surface area contributed by atoms with E-state index in [1.807, 2.05) is 19.4 Å². The third kappa shape index (κ3) is 3.54. The van der Waals surface area contributed by atoms with E-state index in [2.05, 4.69) is 17.3 Å². The van der Waals surface area contributed by atoms with Crippen LogP contribution in [-0.2, 0) is 11.8 Å². The monoisotopic (exact) mass is 252 g/mol. The standard InChI is InChI=1S/C13H24N4O/c1-13(3-5-18-6-4-13)10-15-8-12(14)11-7-16-17(2)9-11/h7,9,12,15H,3-6,8,10,14H2,1-2H3. The third-order valence-corrected chi connectivity index (χ3v) is 3.77. The normalized spacial score (nSPS) is 20.8. The van der Waals surface area contributed by atoms with Crippen LogP contribution >= 0.6 is 0 Å². The second-order valence-corrected chi connectivity index (χ2v) is 5.61. The van der Waals surface area contributed by atoms with Crippen LogP contribution in [0.3, 0.4) is 0 Å². The van der Waals surface area contributed by atoms with Crippen molar-refractivity contribution in [2.24, 2.45) is 18.2 Å². The number of aryl methyl sites for hydroxylation is 1. The van der Waals surface area contributed by atoms with Crippen LogP contribution in [0.4, 0.5) is 0 Å². The van der Waals surface area contributed by atoms with Crippen molar-refractivity contribution in [3.05, 3.63) is 18.0 Å². The van der Waals surface area contributed by atoms with E-state index in [1.54, 1.807) is 4.68 Å². The third-order valence-electron chi connectivity index (χ3n) is 3.77. The molecule has 5 heteroatoms. The minimum absolute atomic E-state index is 0.0159. The fourth-order valence-corrected chi connectivity index (χ4v) is 2.32. The molecular formula is C13H24N4O. The fourth-order valence-electron chi connectivity index (χ4n) is 2.32. The minimum Gasteiger partial charge on any atom is -0.381 e. The molecule has 1 aromatic rings. The Morgan fingerprint density at radius 3 is 2.89 bits per heavy atom. The molecule has 0 spiro atoms. The van der Waals surface area contributed by atoms with Gasteiger partial charge in [0.1, 0.15) is 0 Å². The highest BCUT2D eigenvalue weighted by molar-refractivity contribution is 5.09. The summed E-state index contributed by atoms with van der Waals surface area (Å²) in [6.45, 7) is 5.88. The van der Waals surface area contributed by atoms with E-state index in [-0.39, 0.29) is 6.04 Å². The van der Waals surface area contributed by atoms with Gasteiger partial charge in [-0.1, -0.05) is 6.92 Å². The van der Waals surface area contributed by atoms with Gasteiger partial charge in [0.25, 0.3) is 0 Å². The molecule has 2 heterocycles. The Bertz CT molecular complexity index is 371. The Kier molecular flexibility index (Phi) is 4.37. The zero-order valence-corrected chi connectivity index (χ0v) is 11.4. The van der Waals surface area contributed by atoms with E-state index < -0.39 is 0 Å². The van der Waals surface area contributed by atoms with Crippen LogP contribution < -0.4 is 11.1 Å². The number of nitrogens with zero attached hydrogens (tertiary/aromatic N) is 2. The van der Waals surface area contributed by atoms with Gasteiger partial charge in [0, 0.05) is 51.2 Å². The Morgan fingerprint density at radius 1 is 1.56 bits per heavy atom. The summed E-state index contributed by atoms with van der Waals surface area (Å²) in [5, 5.41) is 7.63. The summed E-state index contributed by atoms with van der Waals surface area (Å²) >= 11 is 0. The van der Waals surface area contributed by atoms with Crippen molar-refractivity contribution in [3.8, 4) is 0 Å². The molecule has 0 saturated carbocycles. The van der Waals surface area contributed by atoms with E-state index in [0.717, 1.165) is 44.7 Å². The van der Waals surface area contributed by atoms with Gasteiger partial charge in [0.15, 0.2) is 0 Å². The summed E-state index contributed by atoms with van der Waals surface area (Å²) in [6, 6.07) is 0.0159. The molecular weight excluding hydrogens is 228 g/mol. The Morgan fingerprint density at radius 2 is 2.28 bits per heavy atom. The topological polar surface area (TPSA) is 65.1 Å². The molecule has 0 aromatic carbocycles. The van der Waals surface area contributed by atoms with Crippen molar-refractivity contribution in [1.29, 1.82) is 0 Å². The van der Waals surface area contributed by atoms with E-state index in [1.165, 1.54) is 0 Å². The van der Waals surface area contributed by atoms with Crippen molar-refractivity contribution >= 4 is 0 Å². The van der Waals surface area contributed by atoms with E-state index in [4.69, 9.17) is 10.5 Å². The average molecular weight is 252 g/mol. The molecule has 1 aliphatic heterocycles. The molecule has 2 rings (SSSR count). The first-order chi connectivity index (χ1) is 8.59. The highest BCUT2D eigenvalue weighted by Gasteiger charge is 2.26. The van der Waals surface area contributed by atoms with Crippen LogP contribution in [0.2, 0.25) is 0 Å². The van der Waals surface area contributed by atoms with Gasteiger partial charge in [0.05, 0.1) is 6.20 Å². The van der Waals surface area contributed by atoms with E-state index in [0.29, 0.717) is 5.41 Å². The number of hydrogen-bond acceptors (Lipinski definition) is 4. The number of hydrogen-bond donors (Lipinski definition) is 2. The molecule has 1 saturated heterocycles. The maximum Gasteiger partial charge on any atom is 0.0537 e. The lowest BCUT2D eigenvalue weighted by Gasteiger charge is -2.34. The summed E-state index contributed by atoms with van der Waals surface area (Å²) < 4.78 is 7.19. The fraction of sp³-hybridized carbons (Fsp3) is 0.769. The Labute approximate surface area is 109 Å². The Balaban J connectivity index is 1.74. The van der Waals surface area contributed by atoms with Crippen molar-refractivity contribution in [2.75, 3.05) is 26.3 Å². The molecule has 3 N–H and O–H groups in total. The maximum atomic E-state index is 6.13. The Hall–Kier alpha value is -0.910. The van der Waals surface area contributed by atoms with Crippen molar-refractivity contribution in [2.45, 2.75) is 25.8 Å². The van der Waals surface area contributed by atoms with Crippen molar-refractivity contribution in [3.63, 3.8) is 0 Å². The zero-order chi connectivity index (χ0) is 13.0. The summed E-state index contributed by atoms with van der Waals surface area (Å²) in [7, 11) is 1.91. The van der Waals surface area contributed by atoms with E-state index >= 15 is 0 Å². The van der Waals surface area contributed by atoms with Crippen LogP contribution in [0.25, 0.3) is 0 Å². The van der Waals surface area contributed by atoms with Gasteiger partial charge in [0.2, 0.25) is 0 Å². The molecule has 5 nitrogen and oxygen atoms in total. The SMILES string of the molecule is Cn1cc(C(N)CNCC2(C)CCOCC2)cn1. The second kappa shape index (κ2) is 5.82. The molecule has 1 aliphatic rings. The van der Waals surface area contributed by atoms with Crippen LogP contribution in [-0.4, -0.2) is 36.1 Å². The highest BCUT2D eigenvalue weighted by atomic mass is 16.5. The second-order valence-electron chi connectivity index (χ2n) is 5.61. The molecule has 18 heavy (non-hydrogen) atoms. The smallest absolute Gasteiger partial charge is 0.0537 e. The first-order valence-electron chi connectivity index (χ1n) is 6.62. The van der Waals surface area contributed by atoms with Gasteiger partial charge in [-0.05, 0) is 18.3 Å². The molecule has 102 valence electrons. The molecule has 0 radical (unpaired) electrons. The first kappa shape index (κ1) is 13.5. The van der Waals surface area contributed by atoms with Gasteiger partial charge in [-0.15, -0.1) is 0 Å². The predicted molar refractivity (Wildman–Crippen MR) is 71.2 cm³/mol. The summed E-state index contributed by atoms with van der Waals surface area (Å²) in [6.07, 6.45) is 6.06. The van der Waals surface area contributed by atoms with Gasteiger partial charge >= 0.3 is 0 Å². The lowest BCUT2D eigenvalue weighted by molar-refractivity contribution is 0.0241. The van der Waals surface area contributed by atoms with Gasteiger partial charge in [-0.3, -0.25) is 4.68 Å². The van der Waals surface area contributed by atoms with Gasteiger partial charge < -0.3 is 15.8 Å². The number of nitrogens with one attached hydrogen (secondary N) is 1. The van der Waals surface area contributed by atoms with Crippen molar-refractivity contribution < 1.29 is 4.74 Å². The zero-order valence-electron chi connectivity index (χ0n) is 11.4. The van der Waals surface area contributed by atoms with Crippen LogP contribution in [0, 0.1) is 5.41 Å². The van der Waals surface area contributed by atoms with Gasteiger partial charge in [-0.25, -0.2) is 0 Å². The first-order valence-corrected chi connectivity index (χ1v) is 6.62. The van der Waals surface area contributed by atoms with E-state index in [9.17, 15) is 0 Å². The van der Waals surface area contributed by atoms with Crippen LogP contribution in [0.5, 0.6) is 0 Å². The number of rotatable bonds is 5.